The monoisotopic (exact) mass is 186 g/mol. The Morgan fingerprint density at radius 2 is 1.23 bits per heavy atom. The predicted octanol–water partition coefficient (Wildman–Crippen LogP) is 3.75. The summed E-state index contributed by atoms with van der Waals surface area (Å²) in [5.41, 5.74) is -0.00351. The predicted molar refractivity (Wildman–Crippen MR) is 58.8 cm³/mol. The third-order valence-corrected chi connectivity index (χ3v) is 2.22. The topological polar surface area (TPSA) is 20.2 Å². The highest BCUT2D eigenvalue weighted by atomic mass is 16.3. The first-order valence-electron chi connectivity index (χ1n) is 5.43. The maximum atomic E-state index is 9.48. The van der Waals surface area contributed by atoms with Crippen molar-refractivity contribution in [2.75, 3.05) is 0 Å². The van der Waals surface area contributed by atoms with E-state index in [1.54, 1.807) is 0 Å². The fourth-order valence-electron chi connectivity index (χ4n) is 1.39. The van der Waals surface area contributed by atoms with Crippen LogP contribution in [0.3, 0.4) is 0 Å². The molecule has 0 aromatic rings. The molecule has 0 aromatic carbocycles. The highest BCUT2D eigenvalue weighted by Gasteiger charge is 2.12. The third-order valence-electron chi connectivity index (χ3n) is 2.22. The van der Waals surface area contributed by atoms with Crippen molar-refractivity contribution in [3.8, 4) is 0 Å². The number of unbranched alkanes of at least 4 members (excludes halogenated alkanes) is 2. The molecule has 0 saturated carbocycles. The Kier molecular flexibility index (Phi) is 4.98. The molecule has 0 rings (SSSR count). The molecule has 0 heterocycles. The van der Waals surface area contributed by atoms with Crippen LogP contribution in [0, 0.1) is 5.41 Å². The number of hydrogen-bond acceptors (Lipinski definition) is 1. The van der Waals surface area contributed by atoms with Gasteiger partial charge in [-0.1, -0.05) is 40.0 Å². The van der Waals surface area contributed by atoms with Crippen LogP contribution < -0.4 is 0 Å². The van der Waals surface area contributed by atoms with E-state index in [4.69, 9.17) is 0 Å². The Morgan fingerprint density at radius 3 is 1.62 bits per heavy atom. The Balaban J connectivity index is 3.28. The molecule has 0 aliphatic carbocycles. The average molecular weight is 186 g/mol. The molecule has 80 valence electrons. The van der Waals surface area contributed by atoms with Crippen molar-refractivity contribution in [3.63, 3.8) is 0 Å². The zero-order valence-corrected chi connectivity index (χ0v) is 9.98. The van der Waals surface area contributed by atoms with Crippen molar-refractivity contribution in [2.45, 2.75) is 72.3 Å². The van der Waals surface area contributed by atoms with E-state index in [0.29, 0.717) is 5.41 Å². The highest BCUT2D eigenvalue weighted by Crippen LogP contribution is 2.23. The maximum absolute atomic E-state index is 9.48. The van der Waals surface area contributed by atoms with Gasteiger partial charge in [0.1, 0.15) is 0 Å². The van der Waals surface area contributed by atoms with E-state index >= 15 is 0 Å². The molecule has 0 fully saturated rings. The summed E-state index contributed by atoms with van der Waals surface area (Å²) in [6.07, 6.45) is 5.91. The summed E-state index contributed by atoms with van der Waals surface area (Å²) >= 11 is 0. The molecular formula is C12H26O. The summed E-state index contributed by atoms with van der Waals surface area (Å²) in [4.78, 5) is 0. The molecule has 0 saturated heterocycles. The van der Waals surface area contributed by atoms with Gasteiger partial charge in [-0.15, -0.1) is 0 Å². The lowest BCUT2D eigenvalue weighted by molar-refractivity contribution is 0.0678. The second kappa shape index (κ2) is 4.99. The zero-order valence-electron chi connectivity index (χ0n) is 9.98. The zero-order chi connectivity index (χ0) is 10.5. The van der Waals surface area contributed by atoms with E-state index in [0.717, 1.165) is 12.8 Å². The van der Waals surface area contributed by atoms with Crippen LogP contribution in [0.5, 0.6) is 0 Å². The van der Waals surface area contributed by atoms with Gasteiger partial charge in [-0.25, -0.2) is 0 Å². The van der Waals surface area contributed by atoms with Crippen molar-refractivity contribution in [2.24, 2.45) is 5.41 Å². The molecule has 1 N–H and O–H groups in total. The number of aliphatic hydroxyl groups is 1. The summed E-state index contributed by atoms with van der Waals surface area (Å²) in [5.74, 6) is 0. The fourth-order valence-corrected chi connectivity index (χ4v) is 1.39. The van der Waals surface area contributed by atoms with E-state index < -0.39 is 5.60 Å². The van der Waals surface area contributed by atoms with Crippen LogP contribution in [0.15, 0.2) is 0 Å². The second-order valence-corrected chi connectivity index (χ2v) is 5.93. The van der Waals surface area contributed by atoms with Gasteiger partial charge < -0.3 is 5.11 Å². The molecule has 0 atom stereocenters. The van der Waals surface area contributed by atoms with E-state index in [1.165, 1.54) is 19.3 Å². The van der Waals surface area contributed by atoms with Crippen molar-refractivity contribution in [3.05, 3.63) is 0 Å². The smallest absolute Gasteiger partial charge is 0.0591 e. The van der Waals surface area contributed by atoms with Crippen molar-refractivity contribution in [1.29, 1.82) is 0 Å². The standard InChI is InChI=1S/C12H26O/c1-11(2,3)9-7-6-8-10-12(4,5)13/h13H,6-10H2,1-5H3. The minimum atomic E-state index is -0.471. The molecule has 13 heavy (non-hydrogen) atoms. The lowest BCUT2D eigenvalue weighted by Gasteiger charge is -2.19. The molecule has 0 aliphatic rings. The minimum absolute atomic E-state index is 0.467. The highest BCUT2D eigenvalue weighted by molar-refractivity contribution is 4.66. The van der Waals surface area contributed by atoms with Crippen molar-refractivity contribution in [1.82, 2.24) is 0 Å². The summed E-state index contributed by atoms with van der Waals surface area (Å²) in [6, 6.07) is 0. The van der Waals surface area contributed by atoms with Crippen LogP contribution in [0.1, 0.15) is 66.7 Å². The van der Waals surface area contributed by atoms with Gasteiger partial charge >= 0.3 is 0 Å². The van der Waals surface area contributed by atoms with Crippen LogP contribution in [0.2, 0.25) is 0 Å². The normalized spacial score (nSPS) is 13.4. The third kappa shape index (κ3) is 12.0. The average Bonchev–Trinajstić information content (AvgIpc) is 1.81. The largest absolute Gasteiger partial charge is 0.390 e. The van der Waals surface area contributed by atoms with Gasteiger partial charge in [0.15, 0.2) is 0 Å². The van der Waals surface area contributed by atoms with Gasteiger partial charge in [0.05, 0.1) is 5.60 Å². The lowest BCUT2D eigenvalue weighted by Crippen LogP contribution is -2.17. The van der Waals surface area contributed by atoms with Crippen LogP contribution in [0.25, 0.3) is 0 Å². The van der Waals surface area contributed by atoms with Gasteiger partial charge in [-0.3, -0.25) is 0 Å². The van der Waals surface area contributed by atoms with Gasteiger partial charge in [0, 0.05) is 0 Å². The quantitative estimate of drug-likeness (QED) is 0.648. The van der Waals surface area contributed by atoms with Crippen LogP contribution >= 0.6 is 0 Å². The first kappa shape index (κ1) is 13.0. The molecule has 1 nitrogen and oxygen atoms in total. The first-order valence-corrected chi connectivity index (χ1v) is 5.43. The van der Waals surface area contributed by atoms with Crippen molar-refractivity contribution < 1.29 is 5.11 Å². The Bertz CT molecular complexity index is 109. The molecule has 0 bridgehead atoms. The van der Waals surface area contributed by atoms with Crippen LogP contribution in [0.4, 0.5) is 0 Å². The molecule has 0 unspecified atom stereocenters. The first-order chi connectivity index (χ1) is 5.71. The second-order valence-electron chi connectivity index (χ2n) is 5.93. The van der Waals surface area contributed by atoms with E-state index in [2.05, 4.69) is 20.8 Å². The van der Waals surface area contributed by atoms with E-state index in [-0.39, 0.29) is 0 Å². The SMILES string of the molecule is CC(C)(C)CCCCCC(C)(C)O. The summed E-state index contributed by atoms with van der Waals surface area (Å²) in [5, 5.41) is 9.48. The molecule has 0 aromatic heterocycles. The summed E-state index contributed by atoms with van der Waals surface area (Å²) < 4.78 is 0. The van der Waals surface area contributed by atoms with Gasteiger partial charge in [0.2, 0.25) is 0 Å². The number of rotatable bonds is 5. The number of hydrogen-bond donors (Lipinski definition) is 1. The fraction of sp³-hybridized carbons (Fsp3) is 1.00. The Labute approximate surface area is 83.5 Å². The van der Waals surface area contributed by atoms with Gasteiger partial charge in [-0.05, 0) is 32.1 Å². The van der Waals surface area contributed by atoms with Crippen LogP contribution in [-0.2, 0) is 0 Å². The summed E-state index contributed by atoms with van der Waals surface area (Å²) in [6.45, 7) is 10.6. The summed E-state index contributed by atoms with van der Waals surface area (Å²) in [7, 11) is 0. The van der Waals surface area contributed by atoms with Gasteiger partial charge in [-0.2, -0.15) is 0 Å². The van der Waals surface area contributed by atoms with Crippen LogP contribution in [-0.4, -0.2) is 10.7 Å². The van der Waals surface area contributed by atoms with E-state index in [1.807, 2.05) is 13.8 Å². The molecule has 0 spiro atoms. The molecule has 0 amide bonds. The molecule has 1 heteroatoms. The maximum Gasteiger partial charge on any atom is 0.0591 e. The minimum Gasteiger partial charge on any atom is -0.390 e. The van der Waals surface area contributed by atoms with Crippen molar-refractivity contribution >= 4 is 0 Å². The lowest BCUT2D eigenvalue weighted by atomic mass is 9.89. The molecular weight excluding hydrogens is 160 g/mol. The van der Waals surface area contributed by atoms with Gasteiger partial charge in [0.25, 0.3) is 0 Å². The molecule has 0 aliphatic heterocycles. The Hall–Kier alpha value is -0.0400. The molecule has 0 radical (unpaired) electrons. The Morgan fingerprint density at radius 1 is 0.769 bits per heavy atom. The van der Waals surface area contributed by atoms with E-state index in [9.17, 15) is 5.11 Å².